The van der Waals surface area contributed by atoms with Crippen molar-refractivity contribution in [2.24, 2.45) is 0 Å². The molecule has 0 aliphatic rings. The molecule has 0 bridgehead atoms. The Labute approximate surface area is 244 Å². The molecule has 3 aromatic carbocycles. The van der Waals surface area contributed by atoms with Crippen molar-refractivity contribution < 1.29 is 34.8 Å². The Morgan fingerprint density at radius 2 is 1.60 bits per heavy atom. The summed E-state index contributed by atoms with van der Waals surface area (Å²) in [7, 11) is -8.65. The molecule has 0 atom stereocenters. The Kier molecular flexibility index (Phi) is 8.75. The van der Waals surface area contributed by atoms with Gasteiger partial charge in [-0.15, -0.1) is 0 Å². The van der Waals surface area contributed by atoms with Crippen molar-refractivity contribution in [1.82, 2.24) is 9.97 Å². The van der Waals surface area contributed by atoms with Crippen molar-refractivity contribution in [3.63, 3.8) is 0 Å². The lowest BCUT2D eigenvalue weighted by atomic mass is 10.2. The van der Waals surface area contributed by atoms with Gasteiger partial charge in [-0.05, 0) is 67.6 Å². The van der Waals surface area contributed by atoms with E-state index in [9.17, 15) is 34.8 Å². The maximum Gasteiger partial charge on any atom is 0.416 e. The van der Waals surface area contributed by atoms with Crippen molar-refractivity contribution >= 4 is 54.9 Å². The fourth-order valence-electron chi connectivity index (χ4n) is 3.63. The van der Waals surface area contributed by atoms with Crippen LogP contribution in [0.4, 0.5) is 30.5 Å². The molecule has 0 saturated carbocycles. The van der Waals surface area contributed by atoms with Crippen LogP contribution in [0.1, 0.15) is 11.3 Å². The summed E-state index contributed by atoms with van der Waals surface area (Å²) < 4.78 is 95.4. The van der Waals surface area contributed by atoms with Gasteiger partial charge in [0, 0.05) is 17.6 Å². The van der Waals surface area contributed by atoms with Crippen LogP contribution in [0.2, 0.25) is 5.02 Å². The van der Waals surface area contributed by atoms with Gasteiger partial charge in [-0.1, -0.05) is 29.8 Å². The Morgan fingerprint density at radius 1 is 0.929 bits per heavy atom. The molecule has 16 heteroatoms. The molecule has 42 heavy (non-hydrogen) atoms. The number of aromatic nitrogens is 2. The first-order chi connectivity index (χ1) is 19.7. The topological polar surface area (TPSA) is 138 Å². The highest BCUT2D eigenvalue weighted by Gasteiger charge is 2.34. The molecule has 1 amide bonds. The zero-order chi connectivity index (χ0) is 30.7. The summed E-state index contributed by atoms with van der Waals surface area (Å²) in [6, 6.07) is 15.4. The third-order valence-corrected chi connectivity index (χ3v) is 9.07. The number of nitrogens with one attached hydrogen (secondary N) is 2. The zero-order valence-electron chi connectivity index (χ0n) is 21.5. The molecule has 0 spiro atoms. The number of rotatable bonds is 9. The van der Waals surface area contributed by atoms with Crippen LogP contribution in [0.5, 0.6) is 0 Å². The number of hydrogen-bond donors (Lipinski definition) is 2. The largest absolute Gasteiger partial charge is 0.416 e. The monoisotopic (exact) mass is 639 g/mol. The number of aryl methyl sites for hydroxylation is 1. The summed E-state index contributed by atoms with van der Waals surface area (Å²) in [6.45, 7) is 0.703. The summed E-state index contributed by atoms with van der Waals surface area (Å²) >= 11 is 6.13. The van der Waals surface area contributed by atoms with E-state index < -0.39 is 49.9 Å². The lowest BCUT2D eigenvalue weighted by Crippen LogP contribution is -2.38. The molecule has 4 aromatic rings. The predicted molar refractivity (Wildman–Crippen MR) is 150 cm³/mol. The highest BCUT2D eigenvalue weighted by molar-refractivity contribution is 7.93. The standard InChI is InChI=1S/C26H21ClF3N5O5S2/c1-17-13-14-31-25(32-17)34-41(37,38)20-10-8-19(9-11-20)33-24(36)16-35(42(39,40)21-5-3-2-4-6-21)23-15-18(26(28,29)30)7-12-22(23)27/h2-15H,16H2,1H3,(H,33,36)(H,31,32,34). The number of benzene rings is 3. The second kappa shape index (κ2) is 12.0. The van der Waals surface area contributed by atoms with Crippen LogP contribution in [0.3, 0.4) is 0 Å². The molecule has 4 rings (SSSR count). The number of alkyl halides is 3. The Hall–Kier alpha value is -4.21. The fraction of sp³-hybridized carbons (Fsp3) is 0.115. The smallest absolute Gasteiger partial charge is 0.325 e. The van der Waals surface area contributed by atoms with Crippen molar-refractivity contribution in [1.29, 1.82) is 0 Å². The van der Waals surface area contributed by atoms with E-state index in [0.29, 0.717) is 22.1 Å². The van der Waals surface area contributed by atoms with Crippen molar-refractivity contribution in [2.75, 3.05) is 20.9 Å². The van der Waals surface area contributed by atoms with Gasteiger partial charge in [0.1, 0.15) is 6.54 Å². The summed E-state index contributed by atoms with van der Waals surface area (Å²) in [5.74, 6) is -1.08. The number of hydrogen-bond acceptors (Lipinski definition) is 7. The van der Waals surface area contributed by atoms with Crippen molar-refractivity contribution in [2.45, 2.75) is 22.9 Å². The molecule has 1 heterocycles. The first kappa shape index (κ1) is 30.7. The number of sulfonamides is 2. The highest BCUT2D eigenvalue weighted by Crippen LogP contribution is 2.37. The molecule has 0 radical (unpaired) electrons. The average molecular weight is 640 g/mol. The Balaban J connectivity index is 1.60. The quantitative estimate of drug-likeness (QED) is 0.260. The second-order valence-corrected chi connectivity index (χ2v) is 12.6. The molecule has 0 unspecified atom stereocenters. The molecular formula is C26H21ClF3N5O5S2. The van der Waals surface area contributed by atoms with Gasteiger partial charge < -0.3 is 5.32 Å². The number of nitrogens with zero attached hydrogens (tertiary/aromatic N) is 3. The first-order valence-electron chi connectivity index (χ1n) is 11.8. The SMILES string of the molecule is Cc1ccnc(NS(=O)(=O)c2ccc(NC(=O)CN(c3cc(C(F)(F)F)ccc3Cl)S(=O)(=O)c3ccccc3)cc2)n1. The minimum Gasteiger partial charge on any atom is -0.325 e. The van der Waals surface area contributed by atoms with E-state index in [1.54, 1.807) is 19.1 Å². The third-order valence-electron chi connectivity index (χ3n) is 5.63. The minimum atomic E-state index is -4.81. The molecule has 0 fully saturated rings. The van der Waals surface area contributed by atoms with Gasteiger partial charge in [0.15, 0.2) is 0 Å². The van der Waals surface area contributed by atoms with Gasteiger partial charge in [-0.25, -0.2) is 31.5 Å². The van der Waals surface area contributed by atoms with Crippen LogP contribution in [0.15, 0.2) is 94.9 Å². The zero-order valence-corrected chi connectivity index (χ0v) is 23.9. The third kappa shape index (κ3) is 7.16. The van der Waals surface area contributed by atoms with Crippen LogP contribution in [-0.2, 0) is 31.0 Å². The molecule has 220 valence electrons. The van der Waals surface area contributed by atoms with E-state index in [1.165, 1.54) is 54.7 Å². The lowest BCUT2D eigenvalue weighted by Gasteiger charge is -2.26. The first-order valence-corrected chi connectivity index (χ1v) is 15.1. The van der Waals surface area contributed by atoms with Gasteiger partial charge in [0.25, 0.3) is 20.0 Å². The van der Waals surface area contributed by atoms with Gasteiger partial charge in [-0.2, -0.15) is 13.2 Å². The molecule has 2 N–H and O–H groups in total. The maximum atomic E-state index is 13.5. The number of halogens is 4. The van der Waals surface area contributed by atoms with Gasteiger partial charge in [0.05, 0.1) is 26.1 Å². The normalized spacial score (nSPS) is 12.0. The summed E-state index contributed by atoms with van der Waals surface area (Å²) in [5.41, 5.74) is -1.11. The Bertz CT molecular complexity index is 1820. The average Bonchev–Trinajstić information content (AvgIpc) is 2.92. The van der Waals surface area contributed by atoms with E-state index in [2.05, 4.69) is 20.0 Å². The van der Waals surface area contributed by atoms with Gasteiger partial charge in [-0.3, -0.25) is 9.10 Å². The molecule has 0 saturated heterocycles. The molecule has 0 aliphatic carbocycles. The van der Waals surface area contributed by atoms with Gasteiger partial charge in [0.2, 0.25) is 11.9 Å². The Morgan fingerprint density at radius 3 is 2.21 bits per heavy atom. The minimum absolute atomic E-state index is 0.0814. The summed E-state index contributed by atoms with van der Waals surface area (Å²) in [5, 5.41) is 2.08. The van der Waals surface area contributed by atoms with E-state index in [-0.39, 0.29) is 26.4 Å². The van der Waals surface area contributed by atoms with Crippen molar-refractivity contribution in [3.05, 3.63) is 101 Å². The predicted octanol–water partition coefficient (Wildman–Crippen LogP) is 5.09. The molecule has 1 aromatic heterocycles. The van der Waals surface area contributed by atoms with Crippen LogP contribution in [0, 0.1) is 6.92 Å². The van der Waals surface area contributed by atoms with E-state index in [1.807, 2.05) is 0 Å². The number of carbonyl (C=O) groups excluding carboxylic acids is 1. The molecule has 10 nitrogen and oxygen atoms in total. The summed E-state index contributed by atoms with van der Waals surface area (Å²) in [6.07, 6.45) is -3.43. The van der Waals surface area contributed by atoms with Crippen LogP contribution >= 0.6 is 11.6 Å². The maximum absolute atomic E-state index is 13.5. The van der Waals surface area contributed by atoms with E-state index >= 15 is 0 Å². The van der Waals surface area contributed by atoms with Gasteiger partial charge >= 0.3 is 6.18 Å². The summed E-state index contributed by atoms with van der Waals surface area (Å²) in [4.78, 5) is 20.3. The fourth-order valence-corrected chi connectivity index (χ4v) is 6.30. The van der Waals surface area contributed by atoms with Crippen LogP contribution in [0.25, 0.3) is 0 Å². The second-order valence-electron chi connectivity index (χ2n) is 8.69. The lowest BCUT2D eigenvalue weighted by molar-refractivity contribution is -0.137. The highest BCUT2D eigenvalue weighted by atomic mass is 35.5. The molecular weight excluding hydrogens is 619 g/mol. The van der Waals surface area contributed by atoms with E-state index in [4.69, 9.17) is 11.6 Å². The van der Waals surface area contributed by atoms with Crippen LogP contribution in [-0.4, -0.2) is 39.3 Å². The number of amides is 1. The van der Waals surface area contributed by atoms with E-state index in [0.717, 1.165) is 6.07 Å². The molecule has 0 aliphatic heterocycles. The number of carbonyl (C=O) groups is 1. The number of anilines is 3. The van der Waals surface area contributed by atoms with Crippen LogP contribution < -0.4 is 14.3 Å². The van der Waals surface area contributed by atoms with Crippen molar-refractivity contribution in [3.8, 4) is 0 Å².